The summed E-state index contributed by atoms with van der Waals surface area (Å²) in [5.74, 6) is 0.633. The first-order valence-corrected chi connectivity index (χ1v) is 9.57. The van der Waals surface area contributed by atoms with Crippen molar-refractivity contribution >= 4 is 36.4 Å². The Morgan fingerprint density at radius 1 is 1.15 bits per heavy atom. The Morgan fingerprint density at radius 2 is 1.85 bits per heavy atom. The minimum atomic E-state index is -0.505. The van der Waals surface area contributed by atoms with Gasteiger partial charge in [0.15, 0.2) is 0 Å². The van der Waals surface area contributed by atoms with Gasteiger partial charge in [0, 0.05) is 19.6 Å². The topological polar surface area (TPSA) is 35.9 Å². The Balaban J connectivity index is 0.00000312. The quantitative estimate of drug-likeness (QED) is 0.609. The molecule has 1 saturated heterocycles. The average molecular weight is 428 g/mol. The molecular formula is C19H33Cl3N2O2. The summed E-state index contributed by atoms with van der Waals surface area (Å²) >= 11 is 6.08. The third-order valence-electron chi connectivity index (χ3n) is 4.46. The standard InChI is InChI=1S/C19H31ClN2O2.2ClH/c1-2-10-22(14-13-21-11-6-3-7-12-21)15-17(23)16-24-19-9-5-4-8-18(19)20;;/h4-5,8-9,17,23H,2-3,6-7,10-16H2,1H3;2*1H. The lowest BCUT2D eigenvalue weighted by atomic mass is 10.1. The van der Waals surface area contributed by atoms with Gasteiger partial charge in [0.2, 0.25) is 0 Å². The molecule has 26 heavy (non-hydrogen) atoms. The lowest BCUT2D eigenvalue weighted by Crippen LogP contribution is -2.42. The second-order valence-electron chi connectivity index (χ2n) is 6.60. The molecule has 152 valence electrons. The molecule has 4 nitrogen and oxygen atoms in total. The highest BCUT2D eigenvalue weighted by Gasteiger charge is 2.15. The van der Waals surface area contributed by atoms with Gasteiger partial charge in [-0.1, -0.05) is 37.1 Å². The highest BCUT2D eigenvalue weighted by molar-refractivity contribution is 6.32. The predicted octanol–water partition coefficient (Wildman–Crippen LogP) is 4.12. The molecule has 0 saturated carbocycles. The minimum absolute atomic E-state index is 0. The molecule has 1 heterocycles. The number of halogens is 3. The second kappa shape index (κ2) is 14.8. The van der Waals surface area contributed by atoms with Crippen LogP contribution in [0.25, 0.3) is 0 Å². The van der Waals surface area contributed by atoms with Crippen LogP contribution in [0.5, 0.6) is 5.75 Å². The molecule has 0 radical (unpaired) electrons. The lowest BCUT2D eigenvalue weighted by molar-refractivity contribution is 0.0631. The van der Waals surface area contributed by atoms with Gasteiger partial charge >= 0.3 is 0 Å². The van der Waals surface area contributed by atoms with Gasteiger partial charge in [-0.3, -0.25) is 4.90 Å². The van der Waals surface area contributed by atoms with E-state index in [0.717, 1.165) is 26.1 Å². The van der Waals surface area contributed by atoms with Crippen LogP contribution in [-0.4, -0.2) is 66.9 Å². The van der Waals surface area contributed by atoms with Gasteiger partial charge in [0.1, 0.15) is 18.5 Å². The van der Waals surface area contributed by atoms with Crippen LogP contribution in [0, 0.1) is 0 Å². The van der Waals surface area contributed by atoms with Gasteiger partial charge in [-0.05, 0) is 51.0 Å². The molecule has 0 amide bonds. The van der Waals surface area contributed by atoms with Crippen LogP contribution in [0.1, 0.15) is 32.6 Å². The van der Waals surface area contributed by atoms with Crippen molar-refractivity contribution < 1.29 is 9.84 Å². The summed E-state index contributed by atoms with van der Waals surface area (Å²) in [6.45, 7) is 8.66. The van der Waals surface area contributed by atoms with Crippen LogP contribution in [0.15, 0.2) is 24.3 Å². The number of aliphatic hydroxyl groups excluding tert-OH is 1. The zero-order chi connectivity index (χ0) is 17.2. The Labute approximate surface area is 175 Å². The maximum atomic E-state index is 10.3. The average Bonchev–Trinajstić information content (AvgIpc) is 2.60. The zero-order valence-corrected chi connectivity index (χ0v) is 18.0. The predicted molar refractivity (Wildman–Crippen MR) is 114 cm³/mol. The normalized spacial score (nSPS) is 15.8. The van der Waals surface area contributed by atoms with Crippen molar-refractivity contribution in [1.29, 1.82) is 0 Å². The summed E-state index contributed by atoms with van der Waals surface area (Å²) in [7, 11) is 0. The molecule has 1 fully saturated rings. The van der Waals surface area contributed by atoms with Crippen LogP contribution in [0.2, 0.25) is 5.02 Å². The zero-order valence-electron chi connectivity index (χ0n) is 15.6. The number of benzene rings is 1. The first-order valence-electron chi connectivity index (χ1n) is 9.19. The number of para-hydroxylation sites is 1. The summed E-state index contributed by atoms with van der Waals surface area (Å²) in [6.07, 6.45) is 4.60. The van der Waals surface area contributed by atoms with Crippen molar-refractivity contribution in [2.24, 2.45) is 0 Å². The number of nitrogens with zero attached hydrogens (tertiary/aromatic N) is 2. The van der Waals surface area contributed by atoms with Gasteiger partial charge in [0.05, 0.1) is 5.02 Å². The summed E-state index contributed by atoms with van der Waals surface area (Å²) in [6, 6.07) is 7.38. The van der Waals surface area contributed by atoms with Crippen molar-refractivity contribution in [3.05, 3.63) is 29.3 Å². The molecule has 1 aromatic carbocycles. The first kappa shape index (κ1) is 25.8. The second-order valence-corrected chi connectivity index (χ2v) is 7.01. The highest BCUT2D eigenvalue weighted by atomic mass is 35.5. The van der Waals surface area contributed by atoms with E-state index in [1.807, 2.05) is 18.2 Å². The molecule has 0 spiro atoms. The molecule has 2 rings (SSSR count). The first-order chi connectivity index (χ1) is 11.7. The van der Waals surface area contributed by atoms with E-state index >= 15 is 0 Å². The van der Waals surface area contributed by atoms with Crippen molar-refractivity contribution in [3.8, 4) is 5.75 Å². The van der Waals surface area contributed by atoms with Crippen LogP contribution in [0.4, 0.5) is 0 Å². The number of rotatable bonds is 10. The van der Waals surface area contributed by atoms with E-state index in [-0.39, 0.29) is 31.4 Å². The molecule has 7 heteroatoms. The van der Waals surface area contributed by atoms with E-state index in [1.165, 1.54) is 32.4 Å². The van der Waals surface area contributed by atoms with Gasteiger partial charge in [-0.15, -0.1) is 24.8 Å². The largest absolute Gasteiger partial charge is 0.489 e. The van der Waals surface area contributed by atoms with E-state index in [2.05, 4.69) is 16.7 Å². The van der Waals surface area contributed by atoms with Crippen molar-refractivity contribution in [2.75, 3.05) is 45.9 Å². The minimum Gasteiger partial charge on any atom is -0.489 e. The van der Waals surface area contributed by atoms with Crippen molar-refractivity contribution in [3.63, 3.8) is 0 Å². The van der Waals surface area contributed by atoms with Gasteiger partial charge in [-0.25, -0.2) is 0 Å². The molecule has 1 N–H and O–H groups in total. The van der Waals surface area contributed by atoms with Gasteiger partial charge < -0.3 is 14.7 Å². The van der Waals surface area contributed by atoms with Crippen LogP contribution >= 0.6 is 36.4 Å². The van der Waals surface area contributed by atoms with E-state index in [4.69, 9.17) is 16.3 Å². The maximum Gasteiger partial charge on any atom is 0.138 e. The molecule has 0 aromatic heterocycles. The summed E-state index contributed by atoms with van der Waals surface area (Å²) in [5, 5.41) is 10.9. The molecular weight excluding hydrogens is 395 g/mol. The lowest BCUT2D eigenvalue weighted by Gasteiger charge is -2.30. The summed E-state index contributed by atoms with van der Waals surface area (Å²) in [5.41, 5.74) is 0. The fraction of sp³-hybridized carbons (Fsp3) is 0.684. The number of hydrogen-bond acceptors (Lipinski definition) is 4. The van der Waals surface area contributed by atoms with E-state index in [1.54, 1.807) is 6.07 Å². The van der Waals surface area contributed by atoms with Gasteiger partial charge in [-0.2, -0.15) is 0 Å². The summed E-state index contributed by atoms with van der Waals surface area (Å²) in [4.78, 5) is 4.88. The van der Waals surface area contributed by atoms with E-state index in [0.29, 0.717) is 17.3 Å². The number of hydrogen-bond donors (Lipinski definition) is 1. The third kappa shape index (κ3) is 9.63. The molecule has 0 aliphatic carbocycles. The monoisotopic (exact) mass is 426 g/mol. The highest BCUT2D eigenvalue weighted by Crippen LogP contribution is 2.23. The van der Waals surface area contributed by atoms with Crippen molar-refractivity contribution in [1.82, 2.24) is 9.80 Å². The fourth-order valence-corrected chi connectivity index (χ4v) is 3.37. The number of piperidine rings is 1. The van der Waals surface area contributed by atoms with Crippen LogP contribution in [-0.2, 0) is 0 Å². The van der Waals surface area contributed by atoms with E-state index < -0.39 is 6.10 Å². The van der Waals surface area contributed by atoms with Crippen LogP contribution in [0.3, 0.4) is 0 Å². The Bertz CT molecular complexity index is 474. The Kier molecular flexibility index (Phi) is 14.7. The molecule has 1 aliphatic heterocycles. The molecule has 1 unspecified atom stereocenters. The van der Waals surface area contributed by atoms with Gasteiger partial charge in [0.25, 0.3) is 0 Å². The van der Waals surface area contributed by atoms with Crippen molar-refractivity contribution in [2.45, 2.75) is 38.7 Å². The Morgan fingerprint density at radius 3 is 2.50 bits per heavy atom. The third-order valence-corrected chi connectivity index (χ3v) is 4.77. The van der Waals surface area contributed by atoms with E-state index in [9.17, 15) is 5.11 Å². The number of ether oxygens (including phenoxy) is 1. The maximum absolute atomic E-state index is 10.3. The SMILES string of the molecule is CCCN(CCN1CCCCC1)CC(O)COc1ccccc1Cl.Cl.Cl. The summed E-state index contributed by atoms with van der Waals surface area (Å²) < 4.78 is 5.65. The smallest absolute Gasteiger partial charge is 0.138 e. The molecule has 1 atom stereocenters. The fourth-order valence-electron chi connectivity index (χ4n) is 3.17. The molecule has 1 aromatic rings. The number of likely N-dealkylation sites (tertiary alicyclic amines) is 1. The molecule has 0 bridgehead atoms. The van der Waals surface area contributed by atoms with Crippen LogP contribution < -0.4 is 4.74 Å². The molecule has 1 aliphatic rings. The number of aliphatic hydroxyl groups is 1. The Hall–Kier alpha value is -0.230.